The Labute approximate surface area is 182 Å². The van der Waals surface area contributed by atoms with Gasteiger partial charge in [0.15, 0.2) is 5.82 Å². The number of hydrogen-bond donors (Lipinski definition) is 2. The molecule has 0 saturated carbocycles. The van der Waals surface area contributed by atoms with Gasteiger partial charge in [-0.2, -0.15) is 5.10 Å². The first-order valence-corrected chi connectivity index (χ1v) is 10.5. The number of nitrogens with two attached hydrogens (primary N) is 1. The summed E-state index contributed by atoms with van der Waals surface area (Å²) in [5, 5.41) is 12.3. The number of nitrogen functional groups attached to an aromatic ring is 1. The third-order valence-corrected chi connectivity index (χ3v) is 6.21. The number of aryl methyl sites for hydroxylation is 1. The summed E-state index contributed by atoms with van der Waals surface area (Å²) in [6.07, 6.45) is 0.0870. The molecule has 0 spiro atoms. The number of nitrogens with one attached hydrogen (secondary N) is 1. The van der Waals surface area contributed by atoms with Crippen LogP contribution in [0, 0.1) is 12.7 Å². The van der Waals surface area contributed by atoms with E-state index in [4.69, 9.17) is 10.5 Å². The second-order valence-electron chi connectivity index (χ2n) is 8.40. The zero-order valence-electron chi connectivity index (χ0n) is 17.6. The lowest BCUT2D eigenvalue weighted by Gasteiger charge is -2.29. The highest BCUT2D eigenvalue weighted by Crippen LogP contribution is 2.36. The molecule has 2 fully saturated rings. The van der Waals surface area contributed by atoms with Crippen LogP contribution in [-0.2, 0) is 4.74 Å². The Morgan fingerprint density at radius 1 is 1.22 bits per heavy atom. The summed E-state index contributed by atoms with van der Waals surface area (Å²) in [7, 11) is 0. The molecule has 0 aliphatic carbocycles. The van der Waals surface area contributed by atoms with Crippen LogP contribution >= 0.6 is 0 Å². The molecular formula is C22H23F3N6O. The third-order valence-electron chi connectivity index (χ3n) is 6.21. The molecule has 5 rings (SSSR count). The molecule has 10 heteroatoms. The highest BCUT2D eigenvalue weighted by atomic mass is 19.3. The second kappa shape index (κ2) is 7.77. The van der Waals surface area contributed by atoms with Gasteiger partial charge in [0.2, 0.25) is 0 Å². The SMILES string of the molecule is Cc1nnc(N[C@H](C)c2cc(N)cc(C(F)F)c2F)c2cc(N3CC4CC3CO4)cnc12. The molecule has 3 N–H and O–H groups in total. The fraction of sp³-hybridized carbons (Fsp3) is 0.409. The molecule has 2 aromatic heterocycles. The summed E-state index contributed by atoms with van der Waals surface area (Å²) in [5.41, 5.74) is 7.41. The number of hydrogen-bond acceptors (Lipinski definition) is 7. The van der Waals surface area contributed by atoms with Crippen molar-refractivity contribution in [1.82, 2.24) is 15.2 Å². The van der Waals surface area contributed by atoms with Crippen molar-refractivity contribution >= 4 is 28.1 Å². The smallest absolute Gasteiger partial charge is 0.266 e. The Morgan fingerprint density at radius 2 is 2.00 bits per heavy atom. The van der Waals surface area contributed by atoms with Crippen molar-refractivity contribution in [3.8, 4) is 0 Å². The van der Waals surface area contributed by atoms with Gasteiger partial charge in [0.05, 0.1) is 53.5 Å². The second-order valence-corrected chi connectivity index (χ2v) is 8.40. The Bertz CT molecular complexity index is 1190. The molecule has 2 aliphatic rings. The highest BCUT2D eigenvalue weighted by molar-refractivity contribution is 5.92. The zero-order valence-corrected chi connectivity index (χ0v) is 17.6. The van der Waals surface area contributed by atoms with Gasteiger partial charge in [-0.05, 0) is 38.5 Å². The molecule has 1 aromatic carbocycles. The summed E-state index contributed by atoms with van der Waals surface area (Å²) < 4.78 is 46.9. The van der Waals surface area contributed by atoms with Crippen molar-refractivity contribution in [1.29, 1.82) is 0 Å². The molecular weight excluding hydrogens is 421 g/mol. The first kappa shape index (κ1) is 20.7. The molecule has 2 saturated heterocycles. The third kappa shape index (κ3) is 3.48. The molecule has 7 nitrogen and oxygen atoms in total. The van der Waals surface area contributed by atoms with Gasteiger partial charge in [0, 0.05) is 23.2 Å². The number of pyridine rings is 1. The molecule has 2 bridgehead atoms. The van der Waals surface area contributed by atoms with E-state index in [-0.39, 0.29) is 17.4 Å². The maximum Gasteiger partial charge on any atom is 0.266 e. The van der Waals surface area contributed by atoms with E-state index >= 15 is 0 Å². The lowest BCUT2D eigenvalue weighted by Crippen LogP contribution is -2.36. The van der Waals surface area contributed by atoms with Crippen LogP contribution in [0.3, 0.4) is 0 Å². The monoisotopic (exact) mass is 444 g/mol. The van der Waals surface area contributed by atoms with Crippen molar-refractivity contribution in [3.05, 3.63) is 47.0 Å². The number of nitrogens with zero attached hydrogens (tertiary/aromatic N) is 4. The van der Waals surface area contributed by atoms with Gasteiger partial charge in [-0.3, -0.25) is 4.98 Å². The molecule has 3 aromatic rings. The number of fused-ring (bicyclic) bond motifs is 3. The van der Waals surface area contributed by atoms with E-state index in [0.717, 1.165) is 30.1 Å². The van der Waals surface area contributed by atoms with E-state index in [1.54, 1.807) is 6.92 Å². The van der Waals surface area contributed by atoms with Crippen LogP contribution in [0.5, 0.6) is 0 Å². The lowest BCUT2D eigenvalue weighted by atomic mass is 10.0. The Morgan fingerprint density at radius 3 is 2.69 bits per heavy atom. The number of rotatable bonds is 5. The quantitative estimate of drug-likeness (QED) is 0.572. The van der Waals surface area contributed by atoms with E-state index < -0.39 is 23.8 Å². The minimum Gasteiger partial charge on any atom is -0.399 e. The summed E-state index contributed by atoms with van der Waals surface area (Å²) >= 11 is 0. The van der Waals surface area contributed by atoms with Crippen LogP contribution in [0.15, 0.2) is 24.4 Å². The molecule has 2 unspecified atom stereocenters. The number of aromatic nitrogens is 3. The molecule has 168 valence electrons. The first-order chi connectivity index (χ1) is 15.3. The topological polar surface area (TPSA) is 89.2 Å². The van der Waals surface area contributed by atoms with Crippen LogP contribution in [-0.4, -0.2) is 40.5 Å². The first-order valence-electron chi connectivity index (χ1n) is 10.5. The number of benzene rings is 1. The molecule has 2 aliphatic heterocycles. The summed E-state index contributed by atoms with van der Waals surface area (Å²) in [6, 6.07) is 3.93. The van der Waals surface area contributed by atoms with Crippen molar-refractivity contribution in [2.75, 3.05) is 29.1 Å². The standard InChI is InChI=1S/C22H23F3N6O/c1-10(16-3-12(26)4-17(19(16)23)21(24)25)28-22-18-6-13(7-27-20(18)11(2)29-30-22)31-8-15-5-14(31)9-32-15/h3-4,6-7,10,14-15,21H,5,8-9,26H2,1-2H3,(H,28,30)/t10-,14?,15?/m1/s1. The van der Waals surface area contributed by atoms with Crippen molar-refractivity contribution in [3.63, 3.8) is 0 Å². The van der Waals surface area contributed by atoms with Crippen LogP contribution in [0.1, 0.15) is 42.6 Å². The van der Waals surface area contributed by atoms with E-state index in [0.29, 0.717) is 29.7 Å². The van der Waals surface area contributed by atoms with Gasteiger partial charge in [0.1, 0.15) is 5.82 Å². The minimum absolute atomic E-state index is 0.0361. The summed E-state index contributed by atoms with van der Waals surface area (Å²) in [6.45, 7) is 4.97. The van der Waals surface area contributed by atoms with Crippen LogP contribution < -0.4 is 16.0 Å². The van der Waals surface area contributed by atoms with Crippen LogP contribution in [0.25, 0.3) is 10.9 Å². The number of alkyl halides is 2. The minimum atomic E-state index is -2.96. The van der Waals surface area contributed by atoms with Crippen molar-refractivity contribution in [2.45, 2.75) is 44.9 Å². The Hall–Kier alpha value is -3.14. The van der Waals surface area contributed by atoms with E-state index in [9.17, 15) is 13.2 Å². The average molecular weight is 444 g/mol. The predicted octanol–water partition coefficient (Wildman–Crippen LogP) is 4.14. The van der Waals surface area contributed by atoms with Gasteiger partial charge in [0.25, 0.3) is 6.43 Å². The van der Waals surface area contributed by atoms with Crippen LogP contribution in [0.4, 0.5) is 30.4 Å². The Kier molecular flexibility index (Phi) is 5.04. The number of halogens is 3. The molecule has 3 atom stereocenters. The fourth-order valence-electron chi connectivity index (χ4n) is 4.58. The number of ether oxygens (including phenoxy) is 1. The predicted molar refractivity (Wildman–Crippen MR) is 115 cm³/mol. The number of morpholine rings is 1. The summed E-state index contributed by atoms with van der Waals surface area (Å²) in [5.74, 6) is -0.584. The van der Waals surface area contributed by atoms with E-state index in [1.165, 1.54) is 6.07 Å². The largest absolute Gasteiger partial charge is 0.399 e. The summed E-state index contributed by atoms with van der Waals surface area (Å²) in [4.78, 5) is 6.87. The zero-order chi connectivity index (χ0) is 22.6. The van der Waals surface area contributed by atoms with E-state index in [1.807, 2.05) is 19.2 Å². The Balaban J connectivity index is 1.52. The molecule has 4 heterocycles. The molecule has 0 radical (unpaired) electrons. The maximum absolute atomic E-state index is 14.7. The normalized spacial score (nSPS) is 21.0. The van der Waals surface area contributed by atoms with E-state index in [2.05, 4.69) is 25.4 Å². The fourth-order valence-corrected chi connectivity index (χ4v) is 4.58. The van der Waals surface area contributed by atoms with Crippen molar-refractivity contribution < 1.29 is 17.9 Å². The molecule has 32 heavy (non-hydrogen) atoms. The maximum atomic E-state index is 14.7. The van der Waals surface area contributed by atoms with Gasteiger partial charge in [-0.1, -0.05) is 0 Å². The van der Waals surface area contributed by atoms with Gasteiger partial charge < -0.3 is 20.7 Å². The molecule has 0 amide bonds. The average Bonchev–Trinajstić information content (AvgIpc) is 3.40. The lowest BCUT2D eigenvalue weighted by molar-refractivity contribution is 0.0991. The number of anilines is 3. The van der Waals surface area contributed by atoms with Crippen LogP contribution in [0.2, 0.25) is 0 Å². The van der Waals surface area contributed by atoms with Gasteiger partial charge in [-0.25, -0.2) is 13.2 Å². The van der Waals surface area contributed by atoms with Crippen molar-refractivity contribution in [2.24, 2.45) is 0 Å². The highest BCUT2D eigenvalue weighted by Gasteiger charge is 2.39. The van der Waals surface area contributed by atoms with Gasteiger partial charge >= 0.3 is 0 Å². The van der Waals surface area contributed by atoms with Gasteiger partial charge in [-0.15, -0.1) is 5.10 Å².